The van der Waals surface area contributed by atoms with Crippen LogP contribution in [0.1, 0.15) is 29.8 Å². The molecule has 0 aromatic heterocycles. The Kier molecular flexibility index (Phi) is 10.6. The number of carbonyl (C=O) groups is 2. The molecule has 0 aliphatic rings. The van der Waals surface area contributed by atoms with Crippen molar-refractivity contribution in [1.82, 2.24) is 5.43 Å². The number of amides is 2. The Morgan fingerprint density at radius 2 is 1.61 bits per heavy atom. The normalized spacial score (nSPS) is 10.7. The number of hydrogen-bond donors (Lipinski definition) is 2. The Morgan fingerprint density at radius 3 is 2.29 bits per heavy atom. The van der Waals surface area contributed by atoms with E-state index in [9.17, 15) is 9.59 Å². The standard InChI is InChI=1S/C27H27Cl2N3O6/c1-4-36-23-14-18(6-11-22(23)35-3)27(34)32-30-15-17-12-21(29)26(24(13-17)37-5-2)38-16-25(33)31-20-9-7-19(28)8-10-20/h6-15H,4-5,16H2,1-3H3,(H,31,33)(H,32,34)/b30-15+. The third-order valence-corrected chi connectivity index (χ3v) is 5.45. The van der Waals surface area contributed by atoms with Crippen molar-refractivity contribution in [3.05, 3.63) is 75.8 Å². The number of hydrogen-bond acceptors (Lipinski definition) is 7. The number of nitrogens with zero attached hydrogens (tertiary/aromatic N) is 1. The van der Waals surface area contributed by atoms with Gasteiger partial charge in [0, 0.05) is 16.3 Å². The molecule has 0 unspecified atom stereocenters. The maximum atomic E-state index is 12.5. The van der Waals surface area contributed by atoms with Gasteiger partial charge in [-0.15, -0.1) is 0 Å². The minimum Gasteiger partial charge on any atom is -0.493 e. The molecule has 0 heterocycles. The molecule has 3 rings (SSSR count). The molecule has 38 heavy (non-hydrogen) atoms. The Labute approximate surface area is 230 Å². The highest BCUT2D eigenvalue weighted by Crippen LogP contribution is 2.36. The van der Waals surface area contributed by atoms with Crippen LogP contribution < -0.4 is 29.7 Å². The summed E-state index contributed by atoms with van der Waals surface area (Å²) in [5, 5.41) is 7.49. The monoisotopic (exact) mass is 559 g/mol. The molecule has 0 atom stereocenters. The fraction of sp³-hybridized carbons (Fsp3) is 0.222. The van der Waals surface area contributed by atoms with E-state index >= 15 is 0 Å². The lowest BCUT2D eigenvalue weighted by Crippen LogP contribution is -2.20. The fourth-order valence-corrected chi connectivity index (χ4v) is 3.65. The van der Waals surface area contributed by atoms with Crippen LogP contribution in [0.4, 0.5) is 5.69 Å². The zero-order valence-electron chi connectivity index (χ0n) is 21.0. The van der Waals surface area contributed by atoms with E-state index in [2.05, 4.69) is 15.8 Å². The van der Waals surface area contributed by atoms with Gasteiger partial charge in [0.2, 0.25) is 0 Å². The van der Waals surface area contributed by atoms with E-state index < -0.39 is 5.91 Å². The number of rotatable bonds is 12. The molecule has 0 radical (unpaired) electrons. The van der Waals surface area contributed by atoms with Crippen molar-refractivity contribution in [2.75, 3.05) is 32.2 Å². The second-order valence-electron chi connectivity index (χ2n) is 7.60. The van der Waals surface area contributed by atoms with Crippen molar-refractivity contribution in [3.8, 4) is 23.0 Å². The van der Waals surface area contributed by atoms with Gasteiger partial charge in [0.1, 0.15) is 0 Å². The van der Waals surface area contributed by atoms with Crippen molar-refractivity contribution in [2.45, 2.75) is 13.8 Å². The van der Waals surface area contributed by atoms with Crippen LogP contribution in [0.15, 0.2) is 59.7 Å². The van der Waals surface area contributed by atoms with Crippen molar-refractivity contribution in [2.24, 2.45) is 5.10 Å². The van der Waals surface area contributed by atoms with Crippen LogP contribution in [0.2, 0.25) is 10.0 Å². The summed E-state index contributed by atoms with van der Waals surface area (Å²) in [5.41, 5.74) is 3.93. The molecule has 9 nitrogen and oxygen atoms in total. The molecular formula is C27H27Cl2N3O6. The summed E-state index contributed by atoms with van der Waals surface area (Å²) in [6, 6.07) is 14.7. The predicted molar refractivity (Wildman–Crippen MR) is 147 cm³/mol. The third-order valence-electron chi connectivity index (χ3n) is 4.91. The van der Waals surface area contributed by atoms with Gasteiger partial charge in [-0.25, -0.2) is 5.43 Å². The van der Waals surface area contributed by atoms with Crippen LogP contribution in [0.3, 0.4) is 0 Å². The zero-order chi connectivity index (χ0) is 27.5. The van der Waals surface area contributed by atoms with E-state index in [0.29, 0.717) is 52.3 Å². The fourth-order valence-electron chi connectivity index (χ4n) is 3.25. The molecule has 0 saturated heterocycles. The molecule has 0 saturated carbocycles. The molecule has 3 aromatic carbocycles. The molecular weight excluding hydrogens is 533 g/mol. The molecule has 0 bridgehead atoms. The van der Waals surface area contributed by atoms with Crippen LogP contribution >= 0.6 is 23.2 Å². The second-order valence-corrected chi connectivity index (χ2v) is 8.45. The summed E-state index contributed by atoms with van der Waals surface area (Å²) in [7, 11) is 1.52. The SMILES string of the molecule is CCOc1cc(C(=O)N/N=C/c2cc(Cl)c(OCC(=O)Nc3ccc(Cl)cc3)c(OCC)c2)ccc1OC. The van der Waals surface area contributed by atoms with Gasteiger partial charge in [-0.3, -0.25) is 9.59 Å². The smallest absolute Gasteiger partial charge is 0.271 e. The summed E-state index contributed by atoms with van der Waals surface area (Å²) >= 11 is 12.3. The second kappa shape index (κ2) is 14.1. The molecule has 3 aromatic rings. The number of benzene rings is 3. The molecule has 0 fully saturated rings. The van der Waals surface area contributed by atoms with Gasteiger partial charge in [0.25, 0.3) is 11.8 Å². The van der Waals surface area contributed by atoms with E-state index in [1.807, 2.05) is 6.92 Å². The molecule has 0 spiro atoms. The molecule has 2 N–H and O–H groups in total. The number of nitrogens with one attached hydrogen (secondary N) is 2. The van der Waals surface area contributed by atoms with Crippen LogP contribution in [-0.2, 0) is 4.79 Å². The van der Waals surface area contributed by atoms with Crippen molar-refractivity contribution in [3.63, 3.8) is 0 Å². The lowest BCUT2D eigenvalue weighted by Gasteiger charge is -2.14. The molecule has 0 aliphatic carbocycles. The average molecular weight is 560 g/mol. The van der Waals surface area contributed by atoms with Crippen molar-refractivity contribution < 1.29 is 28.5 Å². The van der Waals surface area contributed by atoms with Crippen LogP contribution in [0, 0.1) is 0 Å². The quantitative estimate of drug-likeness (QED) is 0.221. The first-order valence-electron chi connectivity index (χ1n) is 11.6. The van der Waals surface area contributed by atoms with Crippen LogP contribution in [0.5, 0.6) is 23.0 Å². The van der Waals surface area contributed by atoms with Crippen LogP contribution in [-0.4, -0.2) is 45.0 Å². The maximum Gasteiger partial charge on any atom is 0.271 e. The minimum atomic E-state index is -0.437. The lowest BCUT2D eigenvalue weighted by molar-refractivity contribution is -0.118. The topological polar surface area (TPSA) is 107 Å². The van der Waals surface area contributed by atoms with Gasteiger partial charge in [0.15, 0.2) is 29.6 Å². The average Bonchev–Trinajstić information content (AvgIpc) is 2.90. The molecule has 11 heteroatoms. The van der Waals surface area contributed by atoms with E-state index in [4.69, 9.17) is 42.1 Å². The number of carbonyl (C=O) groups excluding carboxylic acids is 2. The summed E-state index contributed by atoms with van der Waals surface area (Å²) in [6.45, 7) is 4.11. The van der Waals surface area contributed by atoms with Gasteiger partial charge in [-0.2, -0.15) is 5.10 Å². The Hall–Kier alpha value is -3.95. The van der Waals surface area contributed by atoms with Gasteiger partial charge in [0.05, 0.1) is 31.6 Å². The number of hydrazone groups is 1. The summed E-state index contributed by atoms with van der Waals surface area (Å²) < 4.78 is 22.0. The lowest BCUT2D eigenvalue weighted by atomic mass is 10.2. The first kappa shape index (κ1) is 28.6. The van der Waals surface area contributed by atoms with E-state index in [1.165, 1.54) is 13.3 Å². The summed E-state index contributed by atoms with van der Waals surface area (Å²) in [4.78, 5) is 24.8. The predicted octanol–water partition coefficient (Wildman–Crippen LogP) is 5.58. The van der Waals surface area contributed by atoms with Gasteiger partial charge in [-0.05, 0) is 74.0 Å². The van der Waals surface area contributed by atoms with Crippen molar-refractivity contribution >= 4 is 46.9 Å². The Balaban J connectivity index is 1.66. The van der Waals surface area contributed by atoms with Crippen molar-refractivity contribution in [1.29, 1.82) is 0 Å². The summed E-state index contributed by atoms with van der Waals surface area (Å²) in [6.07, 6.45) is 1.41. The Morgan fingerprint density at radius 1 is 0.895 bits per heavy atom. The highest BCUT2D eigenvalue weighted by molar-refractivity contribution is 6.32. The number of methoxy groups -OCH3 is 1. The van der Waals surface area contributed by atoms with Gasteiger partial charge < -0.3 is 24.3 Å². The number of halogens is 2. The number of anilines is 1. The van der Waals surface area contributed by atoms with E-state index in [1.54, 1.807) is 61.5 Å². The number of ether oxygens (including phenoxy) is 4. The summed E-state index contributed by atoms with van der Waals surface area (Å²) in [5.74, 6) is 0.691. The van der Waals surface area contributed by atoms with E-state index in [-0.39, 0.29) is 23.3 Å². The largest absolute Gasteiger partial charge is 0.493 e. The van der Waals surface area contributed by atoms with Crippen LogP contribution in [0.25, 0.3) is 0 Å². The first-order valence-corrected chi connectivity index (χ1v) is 12.4. The van der Waals surface area contributed by atoms with Gasteiger partial charge in [-0.1, -0.05) is 23.2 Å². The third kappa shape index (κ3) is 8.03. The molecule has 200 valence electrons. The van der Waals surface area contributed by atoms with E-state index in [0.717, 1.165) is 0 Å². The van der Waals surface area contributed by atoms with Gasteiger partial charge >= 0.3 is 0 Å². The Bertz CT molecular complexity index is 1300. The zero-order valence-corrected chi connectivity index (χ0v) is 22.6. The molecule has 2 amide bonds. The highest BCUT2D eigenvalue weighted by Gasteiger charge is 2.15. The first-order chi connectivity index (χ1) is 18.3. The minimum absolute atomic E-state index is 0.208. The molecule has 0 aliphatic heterocycles. The highest BCUT2D eigenvalue weighted by atomic mass is 35.5. The maximum absolute atomic E-state index is 12.5.